The molecule has 1 heterocycles. The first-order valence-electron chi connectivity index (χ1n) is 6.69. The van der Waals surface area contributed by atoms with E-state index in [2.05, 4.69) is 48.8 Å². The fraction of sp³-hybridized carbons (Fsp3) is 0.375. The molecule has 1 atom stereocenters. The molecular weight excluding hydrogens is 238 g/mol. The molecule has 0 spiro atoms. The van der Waals surface area contributed by atoms with Gasteiger partial charge >= 0.3 is 0 Å². The van der Waals surface area contributed by atoms with Crippen LogP contribution in [0.1, 0.15) is 35.4 Å². The van der Waals surface area contributed by atoms with Crippen LogP contribution in [0.2, 0.25) is 0 Å². The third-order valence-electron chi connectivity index (χ3n) is 3.74. The van der Waals surface area contributed by atoms with Crippen LogP contribution >= 0.6 is 11.3 Å². The minimum Gasteiger partial charge on any atom is -0.310 e. The number of fused-ring (bicyclic) bond motifs is 1. The van der Waals surface area contributed by atoms with Gasteiger partial charge < -0.3 is 5.32 Å². The number of aryl methyl sites for hydroxylation is 2. The summed E-state index contributed by atoms with van der Waals surface area (Å²) in [7, 11) is 0. The lowest BCUT2D eigenvalue weighted by molar-refractivity contribution is 0.549. The first kappa shape index (κ1) is 11.9. The maximum Gasteiger partial charge on any atom is 0.0326 e. The molecule has 1 aromatic heterocycles. The molecule has 1 aliphatic carbocycles. The number of rotatable bonds is 3. The molecule has 94 valence electrons. The normalized spacial score (nSPS) is 18.0. The zero-order valence-corrected chi connectivity index (χ0v) is 11.8. The Labute approximate surface area is 113 Å². The van der Waals surface area contributed by atoms with Gasteiger partial charge in [-0.15, -0.1) is 11.3 Å². The number of benzene rings is 1. The first-order valence-corrected chi connectivity index (χ1v) is 7.57. The van der Waals surface area contributed by atoms with Gasteiger partial charge in [0, 0.05) is 10.9 Å². The number of thiophene rings is 1. The third-order valence-corrected chi connectivity index (χ3v) is 4.60. The Balaban J connectivity index is 1.93. The van der Waals surface area contributed by atoms with Gasteiger partial charge in [-0.3, -0.25) is 0 Å². The molecule has 0 saturated heterocycles. The summed E-state index contributed by atoms with van der Waals surface area (Å²) in [4.78, 5) is 1.39. The van der Waals surface area contributed by atoms with Crippen molar-refractivity contribution in [2.24, 2.45) is 0 Å². The van der Waals surface area contributed by atoms with Crippen molar-refractivity contribution >= 4 is 11.3 Å². The van der Waals surface area contributed by atoms with Gasteiger partial charge in [-0.05, 0) is 60.0 Å². The average Bonchev–Trinajstić information content (AvgIpc) is 2.96. The van der Waals surface area contributed by atoms with Crippen LogP contribution in [0.15, 0.2) is 29.6 Å². The standard InChI is InChI=1S/C16H19NS/c1-3-17-16-7-5-13-9-12(4-6-15(13)16)14-8-11(2)18-10-14/h4,6,8-10,16-17H,3,5,7H2,1-2H3. The lowest BCUT2D eigenvalue weighted by Gasteiger charge is -2.12. The van der Waals surface area contributed by atoms with Gasteiger partial charge in [0.25, 0.3) is 0 Å². The van der Waals surface area contributed by atoms with Gasteiger partial charge in [0.1, 0.15) is 0 Å². The van der Waals surface area contributed by atoms with E-state index in [1.807, 2.05) is 11.3 Å². The third kappa shape index (κ3) is 2.11. The van der Waals surface area contributed by atoms with Gasteiger partial charge in [-0.2, -0.15) is 0 Å². The molecule has 1 nitrogen and oxygen atoms in total. The van der Waals surface area contributed by atoms with E-state index in [4.69, 9.17) is 0 Å². The monoisotopic (exact) mass is 257 g/mol. The van der Waals surface area contributed by atoms with E-state index in [-0.39, 0.29) is 0 Å². The van der Waals surface area contributed by atoms with Crippen LogP contribution in [0.3, 0.4) is 0 Å². The van der Waals surface area contributed by atoms with Crippen LogP contribution in [0, 0.1) is 6.92 Å². The van der Waals surface area contributed by atoms with Crippen LogP contribution in [-0.2, 0) is 6.42 Å². The molecule has 0 amide bonds. The number of nitrogens with one attached hydrogen (secondary N) is 1. The first-order chi connectivity index (χ1) is 8.78. The largest absolute Gasteiger partial charge is 0.310 e. The van der Waals surface area contributed by atoms with E-state index in [1.54, 1.807) is 0 Å². The summed E-state index contributed by atoms with van der Waals surface area (Å²) in [5.74, 6) is 0. The van der Waals surface area contributed by atoms with Crippen LogP contribution in [0.4, 0.5) is 0 Å². The molecule has 0 saturated carbocycles. The minimum absolute atomic E-state index is 0.572. The van der Waals surface area contributed by atoms with Crippen LogP contribution in [-0.4, -0.2) is 6.54 Å². The van der Waals surface area contributed by atoms with E-state index in [0.29, 0.717) is 6.04 Å². The predicted octanol–water partition coefficient (Wildman–Crippen LogP) is 4.32. The quantitative estimate of drug-likeness (QED) is 0.863. The lowest BCUT2D eigenvalue weighted by atomic mass is 10.0. The second-order valence-electron chi connectivity index (χ2n) is 5.01. The Morgan fingerprint density at radius 3 is 2.89 bits per heavy atom. The van der Waals surface area contributed by atoms with Gasteiger partial charge in [0.2, 0.25) is 0 Å². The topological polar surface area (TPSA) is 12.0 Å². The smallest absolute Gasteiger partial charge is 0.0326 e. The molecule has 0 aliphatic heterocycles. The minimum atomic E-state index is 0.572. The Morgan fingerprint density at radius 1 is 1.28 bits per heavy atom. The maximum atomic E-state index is 3.57. The van der Waals surface area contributed by atoms with E-state index in [9.17, 15) is 0 Å². The van der Waals surface area contributed by atoms with Crippen LogP contribution < -0.4 is 5.32 Å². The Hall–Kier alpha value is -1.12. The summed E-state index contributed by atoms with van der Waals surface area (Å²) in [6.07, 6.45) is 2.46. The Morgan fingerprint density at radius 2 is 2.17 bits per heavy atom. The van der Waals surface area contributed by atoms with Crippen LogP contribution in [0.5, 0.6) is 0 Å². The second-order valence-corrected chi connectivity index (χ2v) is 6.12. The van der Waals surface area contributed by atoms with Crippen molar-refractivity contribution in [2.45, 2.75) is 32.7 Å². The fourth-order valence-electron chi connectivity index (χ4n) is 2.85. The lowest BCUT2D eigenvalue weighted by Crippen LogP contribution is -2.18. The highest BCUT2D eigenvalue weighted by Gasteiger charge is 2.21. The van der Waals surface area contributed by atoms with E-state index < -0.39 is 0 Å². The van der Waals surface area contributed by atoms with E-state index in [0.717, 1.165) is 6.54 Å². The highest BCUT2D eigenvalue weighted by atomic mass is 32.1. The molecule has 1 N–H and O–H groups in total. The zero-order valence-electron chi connectivity index (χ0n) is 11.0. The van der Waals surface area contributed by atoms with Gasteiger partial charge in [-0.25, -0.2) is 0 Å². The van der Waals surface area contributed by atoms with Crippen molar-refractivity contribution in [1.29, 1.82) is 0 Å². The van der Waals surface area contributed by atoms with Crippen LogP contribution in [0.25, 0.3) is 11.1 Å². The maximum absolute atomic E-state index is 3.57. The fourth-order valence-corrected chi connectivity index (χ4v) is 3.56. The zero-order chi connectivity index (χ0) is 12.5. The summed E-state index contributed by atoms with van der Waals surface area (Å²) >= 11 is 1.83. The van der Waals surface area contributed by atoms with Gasteiger partial charge in [-0.1, -0.05) is 25.1 Å². The molecule has 0 bridgehead atoms. The molecule has 1 aliphatic rings. The Kier molecular flexibility index (Phi) is 3.23. The molecule has 1 unspecified atom stereocenters. The Bertz CT molecular complexity index is 556. The van der Waals surface area contributed by atoms with Crippen molar-refractivity contribution in [3.05, 3.63) is 45.6 Å². The molecule has 1 aromatic carbocycles. The summed E-state index contributed by atoms with van der Waals surface area (Å²) < 4.78 is 0. The highest BCUT2D eigenvalue weighted by molar-refractivity contribution is 7.10. The molecule has 2 heteroatoms. The number of hydrogen-bond acceptors (Lipinski definition) is 2. The summed E-state index contributed by atoms with van der Waals surface area (Å²) in [6.45, 7) is 5.40. The van der Waals surface area contributed by atoms with Crippen molar-refractivity contribution < 1.29 is 0 Å². The van der Waals surface area contributed by atoms with Crippen molar-refractivity contribution in [3.63, 3.8) is 0 Å². The van der Waals surface area contributed by atoms with E-state index in [1.165, 1.54) is 40.0 Å². The van der Waals surface area contributed by atoms with Crippen molar-refractivity contribution in [1.82, 2.24) is 5.32 Å². The predicted molar refractivity (Wildman–Crippen MR) is 79.2 cm³/mol. The molecule has 18 heavy (non-hydrogen) atoms. The average molecular weight is 257 g/mol. The van der Waals surface area contributed by atoms with Crippen molar-refractivity contribution in [2.75, 3.05) is 6.54 Å². The van der Waals surface area contributed by atoms with Crippen molar-refractivity contribution in [3.8, 4) is 11.1 Å². The molecular formula is C16H19NS. The molecule has 2 aromatic rings. The summed E-state index contributed by atoms with van der Waals surface area (Å²) in [5.41, 5.74) is 5.78. The van der Waals surface area contributed by atoms with Gasteiger partial charge in [0.05, 0.1) is 0 Å². The SMILES string of the molecule is CCNC1CCc2cc(-c3csc(C)c3)ccc21. The van der Waals surface area contributed by atoms with Gasteiger partial charge in [0.15, 0.2) is 0 Å². The second kappa shape index (κ2) is 4.87. The molecule has 0 fully saturated rings. The number of hydrogen-bond donors (Lipinski definition) is 1. The highest BCUT2D eigenvalue weighted by Crippen LogP contribution is 2.35. The summed E-state index contributed by atoms with van der Waals surface area (Å²) in [5, 5.41) is 5.82. The van der Waals surface area contributed by atoms with E-state index >= 15 is 0 Å². The molecule has 3 rings (SSSR count). The molecule has 0 radical (unpaired) electrons. The summed E-state index contributed by atoms with van der Waals surface area (Å²) in [6, 6.07) is 9.83.